The topological polar surface area (TPSA) is 66.5 Å². The van der Waals surface area contributed by atoms with Gasteiger partial charge in [-0.15, -0.1) is 0 Å². The minimum absolute atomic E-state index is 0.119. The number of amides is 1. The summed E-state index contributed by atoms with van der Waals surface area (Å²) in [4.78, 5) is 19.2. The normalized spacial score (nSPS) is 21.5. The molecule has 26 heavy (non-hydrogen) atoms. The van der Waals surface area contributed by atoms with Crippen LogP contribution in [0.15, 0.2) is 42.7 Å². The zero-order valence-electron chi connectivity index (χ0n) is 14.9. The van der Waals surface area contributed by atoms with Gasteiger partial charge in [-0.25, -0.2) is 0 Å². The quantitative estimate of drug-likeness (QED) is 0.857. The molecule has 0 saturated carbocycles. The highest BCUT2D eigenvalue weighted by Gasteiger charge is 2.36. The van der Waals surface area contributed by atoms with Crippen LogP contribution in [-0.4, -0.2) is 44.2 Å². The van der Waals surface area contributed by atoms with E-state index in [9.17, 15) is 4.79 Å². The third-order valence-electron chi connectivity index (χ3n) is 5.37. The van der Waals surface area contributed by atoms with Gasteiger partial charge in [0.2, 0.25) is 0 Å². The minimum Gasteiger partial charge on any atom is -0.496 e. The average Bonchev–Trinajstić information content (AvgIpc) is 3.28. The summed E-state index contributed by atoms with van der Waals surface area (Å²) in [6.07, 6.45) is 3.48. The molecule has 2 fully saturated rings. The lowest BCUT2D eigenvalue weighted by Gasteiger charge is -2.20. The first-order valence-electron chi connectivity index (χ1n) is 9.05. The van der Waals surface area contributed by atoms with Crippen LogP contribution in [-0.2, 0) is 6.54 Å². The van der Waals surface area contributed by atoms with E-state index in [4.69, 9.17) is 4.74 Å². The van der Waals surface area contributed by atoms with Crippen molar-refractivity contribution in [1.29, 1.82) is 0 Å². The van der Waals surface area contributed by atoms with Crippen LogP contribution in [0.2, 0.25) is 0 Å². The number of hydrogen-bond acceptors (Lipinski definition) is 5. The number of nitrogens with one attached hydrogen (secondary N) is 2. The molecule has 6 heteroatoms. The van der Waals surface area contributed by atoms with Gasteiger partial charge in [0.1, 0.15) is 5.75 Å². The lowest BCUT2D eigenvalue weighted by Crippen LogP contribution is -2.27. The molecule has 0 radical (unpaired) electrons. The van der Waals surface area contributed by atoms with E-state index in [0.717, 1.165) is 43.2 Å². The molecule has 1 aromatic heterocycles. The second-order valence-electron chi connectivity index (χ2n) is 7.01. The summed E-state index contributed by atoms with van der Waals surface area (Å²) in [7, 11) is 1.63. The highest BCUT2D eigenvalue weighted by atomic mass is 16.5. The number of pyridine rings is 1. The summed E-state index contributed by atoms with van der Waals surface area (Å²) >= 11 is 0. The Bertz CT molecular complexity index is 783. The highest BCUT2D eigenvalue weighted by Crippen LogP contribution is 2.30. The molecule has 3 heterocycles. The Morgan fingerprint density at radius 3 is 2.81 bits per heavy atom. The molecule has 6 nitrogen and oxygen atoms in total. The van der Waals surface area contributed by atoms with Gasteiger partial charge in [-0.05, 0) is 24.0 Å². The number of nitrogens with zero attached hydrogens (tertiary/aromatic N) is 2. The van der Waals surface area contributed by atoms with E-state index in [1.165, 1.54) is 0 Å². The van der Waals surface area contributed by atoms with Gasteiger partial charge in [-0.2, -0.15) is 0 Å². The summed E-state index contributed by atoms with van der Waals surface area (Å²) in [5.41, 5.74) is 2.57. The molecule has 2 aliphatic heterocycles. The van der Waals surface area contributed by atoms with Gasteiger partial charge in [0.15, 0.2) is 0 Å². The zero-order valence-corrected chi connectivity index (χ0v) is 14.9. The van der Waals surface area contributed by atoms with E-state index in [0.29, 0.717) is 23.9 Å². The van der Waals surface area contributed by atoms with E-state index in [1.807, 2.05) is 36.5 Å². The molecule has 2 saturated heterocycles. The number of benzene rings is 1. The first-order valence-corrected chi connectivity index (χ1v) is 9.05. The van der Waals surface area contributed by atoms with Crippen molar-refractivity contribution in [3.8, 4) is 5.75 Å². The Labute approximate surface area is 153 Å². The molecule has 0 aliphatic carbocycles. The molecule has 1 aromatic carbocycles. The first kappa shape index (κ1) is 16.8. The molecule has 2 aromatic rings. The van der Waals surface area contributed by atoms with Crippen molar-refractivity contribution < 1.29 is 9.53 Å². The van der Waals surface area contributed by atoms with Crippen LogP contribution in [0.25, 0.3) is 0 Å². The van der Waals surface area contributed by atoms with Crippen LogP contribution in [0.5, 0.6) is 5.75 Å². The van der Waals surface area contributed by atoms with Crippen LogP contribution >= 0.6 is 0 Å². The predicted octanol–water partition coefficient (Wildman–Crippen LogP) is 1.68. The largest absolute Gasteiger partial charge is 0.496 e. The molecular weight excluding hydrogens is 328 g/mol. The summed E-state index contributed by atoms with van der Waals surface area (Å²) in [6.45, 7) is 4.67. The number of anilines is 1. The van der Waals surface area contributed by atoms with Crippen molar-refractivity contribution in [2.45, 2.75) is 6.54 Å². The molecule has 0 spiro atoms. The zero-order chi connectivity index (χ0) is 17.9. The fourth-order valence-electron chi connectivity index (χ4n) is 3.92. The maximum atomic E-state index is 12.6. The standard InChI is InChI=1S/C20H24N4O2/c1-26-19-5-3-2-4-14(19)10-23-20(25)15-6-18(11-22-7-15)24-12-16-8-21-9-17(16)13-24/h2-7,11,16-17,21H,8-10,12-13H2,1H3,(H,23,25)/t16-,17+. The lowest BCUT2D eigenvalue weighted by atomic mass is 10.0. The molecule has 0 unspecified atom stereocenters. The van der Waals surface area contributed by atoms with E-state index in [2.05, 4.69) is 20.5 Å². The predicted molar refractivity (Wildman–Crippen MR) is 100 cm³/mol. The van der Waals surface area contributed by atoms with Gasteiger partial charge < -0.3 is 20.3 Å². The summed E-state index contributed by atoms with van der Waals surface area (Å²) in [5, 5.41) is 6.41. The Hall–Kier alpha value is -2.60. The number of rotatable bonds is 5. The number of ether oxygens (including phenoxy) is 1. The van der Waals surface area contributed by atoms with Gasteiger partial charge in [0.25, 0.3) is 5.91 Å². The van der Waals surface area contributed by atoms with E-state index >= 15 is 0 Å². The molecule has 2 N–H and O–H groups in total. The van der Waals surface area contributed by atoms with Crippen molar-refractivity contribution in [1.82, 2.24) is 15.6 Å². The molecule has 1 amide bonds. The maximum absolute atomic E-state index is 12.6. The lowest BCUT2D eigenvalue weighted by molar-refractivity contribution is 0.0950. The molecule has 2 aliphatic rings. The van der Waals surface area contributed by atoms with E-state index in [-0.39, 0.29) is 5.91 Å². The third-order valence-corrected chi connectivity index (χ3v) is 5.37. The Morgan fingerprint density at radius 1 is 1.27 bits per heavy atom. The summed E-state index contributed by atoms with van der Waals surface area (Å²) in [5.74, 6) is 2.07. The molecular formula is C20H24N4O2. The van der Waals surface area contributed by atoms with Gasteiger partial charge in [0.05, 0.1) is 24.6 Å². The average molecular weight is 352 g/mol. The molecule has 4 rings (SSSR count). The smallest absolute Gasteiger partial charge is 0.253 e. The van der Waals surface area contributed by atoms with E-state index in [1.54, 1.807) is 13.3 Å². The number of carbonyl (C=O) groups excluding carboxylic acids is 1. The van der Waals surface area contributed by atoms with Crippen LogP contribution in [0.1, 0.15) is 15.9 Å². The highest BCUT2D eigenvalue weighted by molar-refractivity contribution is 5.94. The van der Waals surface area contributed by atoms with Gasteiger partial charge >= 0.3 is 0 Å². The number of methoxy groups -OCH3 is 1. The van der Waals surface area contributed by atoms with Crippen molar-refractivity contribution >= 4 is 11.6 Å². The molecule has 136 valence electrons. The second-order valence-corrected chi connectivity index (χ2v) is 7.01. The summed E-state index contributed by atoms with van der Waals surface area (Å²) in [6, 6.07) is 9.64. The number of hydrogen-bond donors (Lipinski definition) is 2. The van der Waals surface area contributed by atoms with Gasteiger partial charge in [-0.3, -0.25) is 9.78 Å². The Balaban J connectivity index is 1.42. The maximum Gasteiger partial charge on any atom is 0.253 e. The fraction of sp³-hybridized carbons (Fsp3) is 0.400. The molecule has 0 bridgehead atoms. The van der Waals surface area contributed by atoms with Crippen molar-refractivity contribution in [2.75, 3.05) is 38.2 Å². The summed E-state index contributed by atoms with van der Waals surface area (Å²) < 4.78 is 5.33. The first-order chi connectivity index (χ1) is 12.7. The minimum atomic E-state index is -0.119. The van der Waals surface area contributed by atoms with Gasteiger partial charge in [-0.1, -0.05) is 18.2 Å². The van der Waals surface area contributed by atoms with Crippen molar-refractivity contribution in [3.63, 3.8) is 0 Å². The molecule has 2 atom stereocenters. The Kier molecular flexibility index (Phi) is 4.75. The van der Waals surface area contributed by atoms with Crippen molar-refractivity contribution in [3.05, 3.63) is 53.9 Å². The monoisotopic (exact) mass is 352 g/mol. The van der Waals surface area contributed by atoms with Crippen LogP contribution in [0, 0.1) is 11.8 Å². The van der Waals surface area contributed by atoms with E-state index < -0.39 is 0 Å². The number of carbonyl (C=O) groups is 1. The number of para-hydroxylation sites is 1. The van der Waals surface area contributed by atoms with Gasteiger partial charge in [0, 0.05) is 44.5 Å². The Morgan fingerprint density at radius 2 is 2.04 bits per heavy atom. The number of aromatic nitrogens is 1. The fourth-order valence-corrected chi connectivity index (χ4v) is 3.92. The van der Waals surface area contributed by atoms with Crippen LogP contribution in [0.4, 0.5) is 5.69 Å². The number of fused-ring (bicyclic) bond motifs is 1. The van der Waals surface area contributed by atoms with Crippen molar-refractivity contribution in [2.24, 2.45) is 11.8 Å². The third kappa shape index (κ3) is 3.37. The second kappa shape index (κ2) is 7.33. The van der Waals surface area contributed by atoms with Crippen LogP contribution in [0.3, 0.4) is 0 Å². The SMILES string of the molecule is COc1ccccc1CNC(=O)c1cncc(N2C[C@H]3CNC[C@H]3C2)c1. The van der Waals surface area contributed by atoms with Crippen LogP contribution < -0.4 is 20.3 Å².